The molecule has 1 fully saturated rings. The Morgan fingerprint density at radius 1 is 1.37 bits per heavy atom. The highest BCUT2D eigenvalue weighted by Crippen LogP contribution is 2.04. The van der Waals surface area contributed by atoms with Gasteiger partial charge in [0.25, 0.3) is 0 Å². The molecule has 1 rings (SSSR count). The zero-order chi connectivity index (χ0) is 14.3. The summed E-state index contributed by atoms with van der Waals surface area (Å²) in [5.41, 5.74) is 8.23. The molecule has 0 saturated carbocycles. The number of allylic oxidation sites excluding steroid dienone is 3. The summed E-state index contributed by atoms with van der Waals surface area (Å²) < 4.78 is 5.21. The Labute approximate surface area is 114 Å². The number of ether oxygens (including phenoxy) is 1. The zero-order valence-electron chi connectivity index (χ0n) is 11.7. The van der Waals surface area contributed by atoms with Gasteiger partial charge in [-0.05, 0) is 25.5 Å². The molecular weight excluding hydrogens is 242 g/mol. The minimum absolute atomic E-state index is 0.0704. The maximum Gasteiger partial charge on any atom is 0.317 e. The van der Waals surface area contributed by atoms with Gasteiger partial charge in [0.15, 0.2) is 0 Å². The van der Waals surface area contributed by atoms with Gasteiger partial charge in [-0.15, -0.1) is 0 Å². The molecule has 5 heteroatoms. The summed E-state index contributed by atoms with van der Waals surface area (Å²) in [7, 11) is 0. The minimum Gasteiger partial charge on any atom is -0.402 e. The van der Waals surface area contributed by atoms with Crippen LogP contribution in [0.4, 0.5) is 4.79 Å². The summed E-state index contributed by atoms with van der Waals surface area (Å²) in [5.74, 6) is 0. The largest absolute Gasteiger partial charge is 0.402 e. The van der Waals surface area contributed by atoms with Gasteiger partial charge in [0.2, 0.25) is 0 Å². The van der Waals surface area contributed by atoms with Gasteiger partial charge < -0.3 is 20.7 Å². The monoisotopic (exact) mass is 265 g/mol. The van der Waals surface area contributed by atoms with Gasteiger partial charge in [0.05, 0.1) is 13.2 Å². The molecule has 0 aromatic carbocycles. The smallest absolute Gasteiger partial charge is 0.317 e. The van der Waals surface area contributed by atoms with Crippen LogP contribution < -0.4 is 11.1 Å². The van der Waals surface area contributed by atoms with Crippen molar-refractivity contribution in [2.75, 3.05) is 32.8 Å². The first-order valence-electron chi connectivity index (χ1n) is 6.39. The lowest BCUT2D eigenvalue weighted by Gasteiger charge is -2.27. The van der Waals surface area contributed by atoms with Crippen LogP contribution in [0.3, 0.4) is 0 Å². The highest BCUT2D eigenvalue weighted by molar-refractivity contribution is 5.74. The highest BCUT2D eigenvalue weighted by Gasteiger charge is 2.16. The number of nitrogens with two attached hydrogens (primary N) is 1. The van der Waals surface area contributed by atoms with E-state index >= 15 is 0 Å². The molecule has 3 N–H and O–H groups in total. The number of nitrogens with one attached hydrogen (secondary N) is 1. The van der Waals surface area contributed by atoms with E-state index in [1.54, 1.807) is 4.90 Å². The van der Waals surface area contributed by atoms with E-state index in [4.69, 9.17) is 10.5 Å². The molecule has 0 radical (unpaired) electrons. The van der Waals surface area contributed by atoms with Crippen molar-refractivity contribution in [3.05, 3.63) is 35.6 Å². The average molecular weight is 265 g/mol. The number of carbonyl (C=O) groups excluding carboxylic acids is 1. The summed E-state index contributed by atoms with van der Waals surface area (Å²) in [6, 6.07) is -0.0704. The normalized spacial score (nSPS) is 17.3. The van der Waals surface area contributed by atoms with Gasteiger partial charge in [-0.25, -0.2) is 4.79 Å². The minimum atomic E-state index is -0.0704. The van der Waals surface area contributed by atoms with E-state index in [0.717, 1.165) is 11.1 Å². The fourth-order valence-corrected chi connectivity index (χ4v) is 1.81. The van der Waals surface area contributed by atoms with E-state index in [0.29, 0.717) is 38.5 Å². The van der Waals surface area contributed by atoms with Crippen molar-refractivity contribution < 1.29 is 9.53 Å². The summed E-state index contributed by atoms with van der Waals surface area (Å²) in [4.78, 5) is 13.7. The van der Waals surface area contributed by atoms with E-state index in [2.05, 4.69) is 11.9 Å². The third kappa shape index (κ3) is 6.10. The lowest BCUT2D eigenvalue weighted by molar-refractivity contribution is 0.0534. The number of morpholine rings is 1. The Morgan fingerprint density at radius 3 is 2.53 bits per heavy atom. The van der Waals surface area contributed by atoms with Crippen LogP contribution in [0.2, 0.25) is 0 Å². The van der Waals surface area contributed by atoms with Crippen molar-refractivity contribution in [3.63, 3.8) is 0 Å². The molecule has 1 aliphatic heterocycles. The Kier molecular flexibility index (Phi) is 6.15. The van der Waals surface area contributed by atoms with Crippen LogP contribution in [0.5, 0.6) is 0 Å². The quantitative estimate of drug-likeness (QED) is 0.755. The maximum atomic E-state index is 11.9. The highest BCUT2D eigenvalue weighted by atomic mass is 16.5. The first-order valence-corrected chi connectivity index (χ1v) is 6.39. The number of carbonyl (C=O) groups is 1. The third-order valence-corrected chi connectivity index (χ3v) is 2.59. The molecule has 1 saturated heterocycles. The van der Waals surface area contributed by atoms with E-state index < -0.39 is 0 Å². The van der Waals surface area contributed by atoms with Gasteiger partial charge >= 0.3 is 6.03 Å². The van der Waals surface area contributed by atoms with Gasteiger partial charge in [0, 0.05) is 25.3 Å². The molecule has 1 heterocycles. The Bertz CT molecular complexity index is 389. The zero-order valence-corrected chi connectivity index (χ0v) is 11.7. The molecule has 0 aromatic rings. The molecule has 106 valence electrons. The van der Waals surface area contributed by atoms with Gasteiger partial charge in [-0.3, -0.25) is 0 Å². The second-order valence-electron chi connectivity index (χ2n) is 4.71. The lowest BCUT2D eigenvalue weighted by Crippen LogP contribution is -2.46. The van der Waals surface area contributed by atoms with E-state index in [1.807, 2.05) is 26.0 Å². The van der Waals surface area contributed by atoms with Crippen LogP contribution in [0, 0.1) is 0 Å². The summed E-state index contributed by atoms with van der Waals surface area (Å²) in [5, 5.41) is 2.89. The third-order valence-electron chi connectivity index (χ3n) is 2.59. The Balaban J connectivity index is 2.53. The predicted molar refractivity (Wildman–Crippen MR) is 76.6 cm³/mol. The van der Waals surface area contributed by atoms with Gasteiger partial charge in [0.1, 0.15) is 0 Å². The number of hydrogen-bond donors (Lipinski definition) is 2. The van der Waals surface area contributed by atoms with Crippen LogP contribution in [-0.2, 0) is 4.74 Å². The molecule has 2 amide bonds. The van der Waals surface area contributed by atoms with E-state index in [1.165, 1.54) is 0 Å². The molecule has 0 aromatic heterocycles. The Hall–Kier alpha value is -1.75. The molecule has 0 spiro atoms. The van der Waals surface area contributed by atoms with Crippen molar-refractivity contribution in [1.29, 1.82) is 0 Å². The van der Waals surface area contributed by atoms with Crippen LogP contribution >= 0.6 is 0 Å². The van der Waals surface area contributed by atoms with E-state index in [-0.39, 0.29) is 6.03 Å². The first kappa shape index (κ1) is 15.3. The van der Waals surface area contributed by atoms with Crippen LogP contribution in [0.1, 0.15) is 13.8 Å². The molecule has 0 bridgehead atoms. The van der Waals surface area contributed by atoms with Crippen molar-refractivity contribution in [2.45, 2.75) is 13.8 Å². The predicted octanol–water partition coefficient (Wildman–Crippen LogP) is 1.39. The standard InChI is InChI=1S/C14H23N3O2/c1-11(2)8-13(9-12(3)15)10-16-14(18)17-4-6-19-7-5-17/h8-9H,1,4-7,10,15H2,2-3H3,(H,16,18)/b12-9-,13-8+. The second-order valence-corrected chi connectivity index (χ2v) is 4.71. The first-order chi connectivity index (χ1) is 8.99. The fraction of sp³-hybridized carbons (Fsp3) is 0.500. The van der Waals surface area contributed by atoms with Crippen molar-refractivity contribution in [2.24, 2.45) is 5.73 Å². The maximum absolute atomic E-state index is 11.9. The van der Waals surface area contributed by atoms with Crippen molar-refractivity contribution >= 4 is 6.03 Å². The molecule has 0 atom stereocenters. The number of amides is 2. The lowest BCUT2D eigenvalue weighted by atomic mass is 10.1. The van der Waals surface area contributed by atoms with Crippen LogP contribution in [-0.4, -0.2) is 43.8 Å². The number of nitrogens with zero attached hydrogens (tertiary/aromatic N) is 1. The molecular formula is C14H23N3O2. The van der Waals surface area contributed by atoms with Gasteiger partial charge in [-0.1, -0.05) is 18.2 Å². The molecule has 19 heavy (non-hydrogen) atoms. The second kappa shape index (κ2) is 7.63. The van der Waals surface area contributed by atoms with Crippen LogP contribution in [0.25, 0.3) is 0 Å². The summed E-state index contributed by atoms with van der Waals surface area (Å²) in [6.45, 7) is 10.5. The number of hydrogen-bond acceptors (Lipinski definition) is 3. The molecule has 0 aliphatic carbocycles. The summed E-state index contributed by atoms with van der Waals surface area (Å²) >= 11 is 0. The summed E-state index contributed by atoms with van der Waals surface area (Å²) in [6.07, 6.45) is 3.75. The topological polar surface area (TPSA) is 67.6 Å². The SMILES string of the molecule is C=C(C)/C=C(\C=C(\C)N)CNC(=O)N1CCOCC1. The molecule has 1 aliphatic rings. The van der Waals surface area contributed by atoms with E-state index in [9.17, 15) is 4.79 Å². The fourth-order valence-electron chi connectivity index (χ4n) is 1.81. The average Bonchev–Trinajstić information content (AvgIpc) is 2.35. The molecule has 5 nitrogen and oxygen atoms in total. The number of rotatable bonds is 4. The van der Waals surface area contributed by atoms with Crippen molar-refractivity contribution in [3.8, 4) is 0 Å². The van der Waals surface area contributed by atoms with Gasteiger partial charge in [-0.2, -0.15) is 0 Å². The number of urea groups is 1. The van der Waals surface area contributed by atoms with Crippen LogP contribution in [0.15, 0.2) is 35.6 Å². The van der Waals surface area contributed by atoms with Crippen molar-refractivity contribution in [1.82, 2.24) is 10.2 Å². The Morgan fingerprint density at radius 2 is 2.00 bits per heavy atom. The molecule has 0 unspecified atom stereocenters.